The normalized spacial score (nSPS) is 10.6. The van der Waals surface area contributed by atoms with Crippen molar-refractivity contribution in [3.05, 3.63) is 83.8 Å². The fourth-order valence-corrected chi connectivity index (χ4v) is 3.31. The van der Waals surface area contributed by atoms with Crippen LogP contribution in [0.5, 0.6) is 0 Å². The summed E-state index contributed by atoms with van der Waals surface area (Å²) >= 11 is 2.89. The zero-order chi connectivity index (χ0) is 24.2. The molecule has 3 N–H and O–H groups in total. The van der Waals surface area contributed by atoms with Gasteiger partial charge in [-0.3, -0.25) is 9.48 Å². The minimum atomic E-state index is -0.757. The third kappa shape index (κ3) is 5.26. The first-order valence-corrected chi connectivity index (χ1v) is 10.7. The second-order valence-corrected chi connectivity index (χ2v) is 7.93. The molecule has 0 radical (unpaired) electrons. The number of rotatable bonds is 7. The van der Waals surface area contributed by atoms with E-state index in [1.807, 2.05) is 0 Å². The zero-order valence-electron chi connectivity index (χ0n) is 17.8. The van der Waals surface area contributed by atoms with E-state index in [1.54, 1.807) is 48.4 Å². The fourth-order valence-electron chi connectivity index (χ4n) is 3.08. The second kappa shape index (κ2) is 9.79. The maximum atomic E-state index is 14.2. The van der Waals surface area contributed by atoms with E-state index in [0.717, 1.165) is 6.08 Å². The van der Waals surface area contributed by atoms with Gasteiger partial charge >= 0.3 is 0 Å². The molecule has 8 nitrogen and oxygen atoms in total. The largest absolute Gasteiger partial charge is 0.339 e. The van der Waals surface area contributed by atoms with Crippen LogP contribution in [0.25, 0.3) is 11.1 Å². The van der Waals surface area contributed by atoms with Gasteiger partial charge in [0.2, 0.25) is 11.9 Å². The van der Waals surface area contributed by atoms with Crippen molar-refractivity contribution in [3.63, 3.8) is 0 Å². The summed E-state index contributed by atoms with van der Waals surface area (Å²) in [5, 5.41) is 12.9. The van der Waals surface area contributed by atoms with E-state index >= 15 is 0 Å². The molecule has 2 aromatic carbocycles. The van der Waals surface area contributed by atoms with Crippen LogP contribution in [0.1, 0.15) is 0 Å². The number of nitrogens with zero attached hydrogens (tertiary/aromatic N) is 4. The standard InChI is InChI=1S/C23H18BrF2N7O/c1-3-20(34)29-14-5-4-6-15(9-14)30-22-17(13-7-18(25)21(24)19(26)8-13)11-27-23(32-22)31-16-10-28-33(2)12-16/h3-12H,1H2,2H3,(H,29,34)(H2,27,30,31,32). The number of hydrogen-bond acceptors (Lipinski definition) is 6. The molecule has 0 aliphatic heterocycles. The molecule has 2 aromatic heterocycles. The highest BCUT2D eigenvalue weighted by atomic mass is 79.9. The van der Waals surface area contributed by atoms with Gasteiger partial charge in [-0.1, -0.05) is 12.6 Å². The van der Waals surface area contributed by atoms with Crippen molar-refractivity contribution in [2.45, 2.75) is 0 Å². The van der Waals surface area contributed by atoms with E-state index in [-0.39, 0.29) is 27.7 Å². The predicted octanol–water partition coefficient (Wildman–Crippen LogP) is 5.53. The lowest BCUT2D eigenvalue weighted by atomic mass is 10.1. The maximum absolute atomic E-state index is 14.2. The van der Waals surface area contributed by atoms with Gasteiger partial charge in [0.05, 0.1) is 16.4 Å². The fraction of sp³-hybridized carbons (Fsp3) is 0.0435. The summed E-state index contributed by atoms with van der Waals surface area (Å²) in [7, 11) is 1.77. The highest BCUT2D eigenvalue weighted by Gasteiger charge is 2.16. The summed E-state index contributed by atoms with van der Waals surface area (Å²) < 4.78 is 29.8. The molecule has 172 valence electrons. The van der Waals surface area contributed by atoms with Crippen molar-refractivity contribution in [1.29, 1.82) is 0 Å². The van der Waals surface area contributed by atoms with Crippen LogP contribution in [0, 0.1) is 11.6 Å². The lowest BCUT2D eigenvalue weighted by Crippen LogP contribution is -2.07. The Morgan fingerprint density at radius 2 is 1.82 bits per heavy atom. The third-order valence-corrected chi connectivity index (χ3v) is 5.38. The Morgan fingerprint density at radius 1 is 1.09 bits per heavy atom. The minimum Gasteiger partial charge on any atom is -0.339 e. The van der Waals surface area contributed by atoms with Gasteiger partial charge in [0.25, 0.3) is 0 Å². The number of anilines is 5. The average molecular weight is 526 g/mol. The van der Waals surface area contributed by atoms with E-state index in [4.69, 9.17) is 0 Å². The molecular weight excluding hydrogens is 508 g/mol. The van der Waals surface area contributed by atoms with Crippen molar-refractivity contribution in [2.24, 2.45) is 7.05 Å². The van der Waals surface area contributed by atoms with Gasteiger partial charge in [-0.05, 0) is 57.9 Å². The van der Waals surface area contributed by atoms with Crippen LogP contribution in [-0.2, 0) is 11.8 Å². The van der Waals surface area contributed by atoms with E-state index in [2.05, 4.69) is 53.5 Å². The Kier molecular flexibility index (Phi) is 6.64. The number of carbonyl (C=O) groups is 1. The number of aryl methyl sites for hydroxylation is 1. The maximum Gasteiger partial charge on any atom is 0.247 e. The Bertz CT molecular complexity index is 1370. The molecule has 0 unspecified atom stereocenters. The van der Waals surface area contributed by atoms with Gasteiger partial charge in [-0.2, -0.15) is 10.1 Å². The minimum absolute atomic E-state index is 0.241. The van der Waals surface area contributed by atoms with Crippen molar-refractivity contribution in [2.75, 3.05) is 16.0 Å². The summed E-state index contributed by atoms with van der Waals surface area (Å²) in [6, 6.07) is 9.26. The van der Waals surface area contributed by atoms with Gasteiger partial charge in [0.1, 0.15) is 17.5 Å². The van der Waals surface area contributed by atoms with Gasteiger partial charge in [-0.15, -0.1) is 0 Å². The molecule has 2 heterocycles. The quantitative estimate of drug-likeness (QED) is 0.217. The monoisotopic (exact) mass is 525 g/mol. The van der Waals surface area contributed by atoms with Gasteiger partial charge < -0.3 is 16.0 Å². The molecule has 0 saturated carbocycles. The third-order valence-electron chi connectivity index (χ3n) is 4.62. The second-order valence-electron chi connectivity index (χ2n) is 7.14. The first kappa shape index (κ1) is 23.1. The van der Waals surface area contributed by atoms with Crippen molar-refractivity contribution < 1.29 is 13.6 Å². The van der Waals surface area contributed by atoms with Crippen LogP contribution in [0.15, 0.2) is 72.1 Å². The van der Waals surface area contributed by atoms with Crippen molar-refractivity contribution >= 4 is 50.7 Å². The summed E-state index contributed by atoms with van der Waals surface area (Å²) in [5.41, 5.74) is 2.37. The van der Waals surface area contributed by atoms with Crippen LogP contribution >= 0.6 is 15.9 Å². The number of amides is 1. The van der Waals surface area contributed by atoms with Crippen LogP contribution < -0.4 is 16.0 Å². The van der Waals surface area contributed by atoms with Crippen LogP contribution in [-0.4, -0.2) is 25.7 Å². The first-order valence-electron chi connectivity index (χ1n) is 9.90. The lowest BCUT2D eigenvalue weighted by Gasteiger charge is -2.14. The smallest absolute Gasteiger partial charge is 0.247 e. The van der Waals surface area contributed by atoms with E-state index < -0.39 is 11.6 Å². The summed E-state index contributed by atoms with van der Waals surface area (Å²) in [4.78, 5) is 20.4. The number of benzene rings is 2. The van der Waals surface area contributed by atoms with Gasteiger partial charge in [0.15, 0.2) is 0 Å². The number of carbonyl (C=O) groups excluding carboxylic acids is 1. The molecule has 11 heteroatoms. The number of hydrogen-bond donors (Lipinski definition) is 3. The molecule has 1 amide bonds. The Labute approximate surface area is 201 Å². The number of nitrogens with one attached hydrogen (secondary N) is 3. The molecule has 4 rings (SSSR count). The van der Waals surface area contributed by atoms with Crippen LogP contribution in [0.2, 0.25) is 0 Å². The molecular formula is C23H18BrF2N7O. The Balaban J connectivity index is 1.74. The molecule has 0 bridgehead atoms. The highest BCUT2D eigenvalue weighted by Crippen LogP contribution is 2.33. The Morgan fingerprint density at radius 3 is 2.50 bits per heavy atom. The van der Waals surface area contributed by atoms with E-state index in [0.29, 0.717) is 22.6 Å². The SMILES string of the molecule is C=CC(=O)Nc1cccc(Nc2nc(Nc3cnn(C)c3)ncc2-c2cc(F)c(Br)c(F)c2)c1. The van der Waals surface area contributed by atoms with Crippen LogP contribution in [0.4, 0.5) is 37.6 Å². The molecule has 0 saturated heterocycles. The van der Waals surface area contributed by atoms with E-state index in [9.17, 15) is 13.6 Å². The summed E-state index contributed by atoms with van der Waals surface area (Å²) in [5.74, 6) is -1.34. The van der Waals surface area contributed by atoms with Gasteiger partial charge in [-0.25, -0.2) is 13.8 Å². The molecule has 4 aromatic rings. The van der Waals surface area contributed by atoms with E-state index in [1.165, 1.54) is 18.3 Å². The van der Waals surface area contributed by atoms with Crippen molar-refractivity contribution in [1.82, 2.24) is 19.7 Å². The molecule has 0 spiro atoms. The molecule has 34 heavy (non-hydrogen) atoms. The summed E-state index contributed by atoms with van der Waals surface area (Å²) in [6.45, 7) is 3.44. The molecule has 0 fully saturated rings. The average Bonchev–Trinajstić information content (AvgIpc) is 3.22. The topological polar surface area (TPSA) is 96.8 Å². The molecule has 0 aliphatic carbocycles. The van der Waals surface area contributed by atoms with Gasteiger partial charge in [0, 0.05) is 36.4 Å². The molecule has 0 aliphatic rings. The van der Waals surface area contributed by atoms with Crippen LogP contribution in [0.3, 0.4) is 0 Å². The lowest BCUT2D eigenvalue weighted by molar-refractivity contribution is -0.111. The first-order chi connectivity index (χ1) is 16.3. The number of halogens is 3. The summed E-state index contributed by atoms with van der Waals surface area (Å²) in [6.07, 6.45) is 5.97. The highest BCUT2D eigenvalue weighted by molar-refractivity contribution is 9.10. The Hall–Kier alpha value is -4.12. The van der Waals surface area contributed by atoms with Crippen molar-refractivity contribution in [3.8, 4) is 11.1 Å². The number of aromatic nitrogens is 4. The molecule has 0 atom stereocenters. The predicted molar refractivity (Wildman–Crippen MR) is 130 cm³/mol. The zero-order valence-corrected chi connectivity index (χ0v) is 19.4.